The van der Waals surface area contributed by atoms with E-state index >= 15 is 0 Å². The molecular formula is C36H41FN4O2. The first-order valence-electron chi connectivity index (χ1n) is 15.9. The van der Waals surface area contributed by atoms with Crippen LogP contribution in [0.2, 0.25) is 0 Å². The third-order valence-electron chi connectivity index (χ3n) is 10.8. The lowest BCUT2D eigenvalue weighted by molar-refractivity contribution is -0.144. The van der Waals surface area contributed by atoms with E-state index in [-0.39, 0.29) is 11.2 Å². The van der Waals surface area contributed by atoms with Crippen LogP contribution in [0.5, 0.6) is 0 Å². The number of rotatable bonds is 8. The summed E-state index contributed by atoms with van der Waals surface area (Å²) in [5, 5.41) is 10.2. The van der Waals surface area contributed by atoms with Gasteiger partial charge in [-0.2, -0.15) is 0 Å². The van der Waals surface area contributed by atoms with E-state index < -0.39 is 12.0 Å². The second-order valence-electron chi connectivity index (χ2n) is 13.0. The molecule has 4 atom stereocenters. The number of likely N-dealkylation sites (tertiary alicyclic amines) is 1. The average Bonchev–Trinajstić information content (AvgIpc) is 3.48. The molecule has 0 radical (unpaired) electrons. The van der Waals surface area contributed by atoms with Crippen LogP contribution in [0.1, 0.15) is 74.0 Å². The SMILES string of the molecule is Cc1nc2ccccc2n1C1C[C@H]2CC[C@@H](C1)N2CCC1(c2ccccc2)CCN(C(C(=O)O)c2ccc(F)cc2)CC1. The van der Waals surface area contributed by atoms with Gasteiger partial charge in [0.25, 0.3) is 0 Å². The minimum atomic E-state index is -0.876. The Morgan fingerprint density at radius 2 is 1.58 bits per heavy atom. The second kappa shape index (κ2) is 11.5. The van der Waals surface area contributed by atoms with Crippen LogP contribution in [0, 0.1) is 12.7 Å². The smallest absolute Gasteiger partial charge is 0.325 e. The maximum absolute atomic E-state index is 13.6. The fourth-order valence-corrected chi connectivity index (χ4v) is 8.63. The molecule has 224 valence electrons. The molecule has 43 heavy (non-hydrogen) atoms. The molecule has 3 fully saturated rings. The summed E-state index contributed by atoms with van der Waals surface area (Å²) in [6.45, 7) is 4.62. The van der Waals surface area contributed by atoms with Crippen LogP contribution in [-0.4, -0.2) is 62.1 Å². The van der Waals surface area contributed by atoms with Crippen LogP contribution in [0.25, 0.3) is 11.0 Å². The van der Waals surface area contributed by atoms with Gasteiger partial charge in [-0.05, 0) is 99.2 Å². The highest BCUT2D eigenvalue weighted by molar-refractivity contribution is 5.76. The standard InChI is InChI=1S/C36H41FN4O2/c1-25-38-32-9-5-6-10-33(32)41(25)31-23-29-15-16-30(24-31)40(29)22-19-36(27-7-3-2-4-8-27)17-20-39(21-18-36)34(35(42)43)26-11-13-28(37)14-12-26/h2-14,29-31,34H,15-24H2,1H3,(H,42,43)/t29-,30+,31?,34?. The summed E-state index contributed by atoms with van der Waals surface area (Å²) >= 11 is 0. The third-order valence-corrected chi connectivity index (χ3v) is 10.8. The van der Waals surface area contributed by atoms with Crippen molar-refractivity contribution in [2.24, 2.45) is 0 Å². The van der Waals surface area contributed by atoms with Gasteiger partial charge in [-0.25, -0.2) is 9.37 Å². The number of hydrogen-bond acceptors (Lipinski definition) is 4. The molecule has 0 aliphatic carbocycles. The van der Waals surface area contributed by atoms with Gasteiger partial charge in [-0.15, -0.1) is 0 Å². The molecule has 0 saturated carbocycles. The lowest BCUT2D eigenvalue weighted by atomic mass is 9.70. The number of piperidine rings is 2. The summed E-state index contributed by atoms with van der Waals surface area (Å²) in [7, 11) is 0. The molecule has 4 aromatic rings. The number of carbonyl (C=O) groups is 1. The van der Waals surface area contributed by atoms with E-state index in [9.17, 15) is 14.3 Å². The van der Waals surface area contributed by atoms with Crippen molar-refractivity contribution < 1.29 is 14.3 Å². The van der Waals surface area contributed by atoms with Gasteiger partial charge >= 0.3 is 5.97 Å². The maximum atomic E-state index is 13.6. The Labute approximate surface area is 253 Å². The van der Waals surface area contributed by atoms with Crippen molar-refractivity contribution in [1.29, 1.82) is 0 Å². The number of para-hydroxylation sites is 2. The van der Waals surface area contributed by atoms with Crippen molar-refractivity contribution in [3.63, 3.8) is 0 Å². The van der Waals surface area contributed by atoms with Gasteiger partial charge in [-0.1, -0.05) is 54.6 Å². The number of aliphatic carboxylic acids is 1. The number of imidazole rings is 1. The molecular weight excluding hydrogens is 539 g/mol. The zero-order valence-corrected chi connectivity index (χ0v) is 24.9. The lowest BCUT2D eigenvalue weighted by Crippen LogP contribution is -2.49. The number of aryl methyl sites for hydroxylation is 1. The fraction of sp³-hybridized carbons (Fsp3) is 0.444. The normalized spacial score (nSPS) is 24.7. The first-order chi connectivity index (χ1) is 20.9. The summed E-state index contributed by atoms with van der Waals surface area (Å²) in [6.07, 6.45) is 7.75. The third kappa shape index (κ3) is 5.27. The number of hydrogen-bond donors (Lipinski definition) is 1. The Balaban J connectivity index is 1.07. The van der Waals surface area contributed by atoms with E-state index in [4.69, 9.17) is 4.98 Å². The minimum Gasteiger partial charge on any atom is -0.480 e. The highest BCUT2D eigenvalue weighted by Crippen LogP contribution is 2.45. The molecule has 3 aromatic carbocycles. The Hall–Kier alpha value is -3.55. The van der Waals surface area contributed by atoms with Crippen molar-refractivity contribution in [3.8, 4) is 0 Å². The molecule has 4 heterocycles. The van der Waals surface area contributed by atoms with Gasteiger partial charge in [-0.3, -0.25) is 14.6 Å². The first kappa shape index (κ1) is 28.2. The molecule has 3 aliphatic heterocycles. The van der Waals surface area contributed by atoms with E-state index in [1.807, 2.05) is 0 Å². The van der Waals surface area contributed by atoms with E-state index in [2.05, 4.69) is 75.9 Å². The number of nitrogens with zero attached hydrogens (tertiary/aromatic N) is 4. The van der Waals surface area contributed by atoms with E-state index in [0.29, 0.717) is 36.8 Å². The van der Waals surface area contributed by atoms with E-state index in [0.717, 1.165) is 37.1 Å². The summed E-state index contributed by atoms with van der Waals surface area (Å²) in [4.78, 5) is 22.1. The highest BCUT2D eigenvalue weighted by atomic mass is 19.1. The molecule has 0 amide bonds. The van der Waals surface area contributed by atoms with Gasteiger partial charge in [0.15, 0.2) is 0 Å². The predicted octanol–water partition coefficient (Wildman–Crippen LogP) is 6.90. The van der Waals surface area contributed by atoms with Crippen LogP contribution in [-0.2, 0) is 10.2 Å². The Kier molecular flexibility index (Phi) is 7.56. The van der Waals surface area contributed by atoms with Crippen molar-refractivity contribution in [2.45, 2.75) is 81.5 Å². The quantitative estimate of drug-likeness (QED) is 0.246. The van der Waals surface area contributed by atoms with Crippen LogP contribution >= 0.6 is 0 Å². The molecule has 7 rings (SSSR count). The fourth-order valence-electron chi connectivity index (χ4n) is 8.63. The number of aromatic nitrogens is 2. The molecule has 3 saturated heterocycles. The monoisotopic (exact) mass is 580 g/mol. The van der Waals surface area contributed by atoms with E-state index in [1.54, 1.807) is 12.1 Å². The van der Waals surface area contributed by atoms with E-state index in [1.165, 1.54) is 48.9 Å². The average molecular weight is 581 g/mol. The molecule has 2 unspecified atom stereocenters. The number of carboxylic acids is 1. The predicted molar refractivity (Wildman–Crippen MR) is 167 cm³/mol. The zero-order chi connectivity index (χ0) is 29.6. The Bertz CT molecular complexity index is 1560. The van der Waals surface area contributed by atoms with Crippen LogP contribution < -0.4 is 0 Å². The molecule has 1 aromatic heterocycles. The summed E-state index contributed by atoms with van der Waals surface area (Å²) < 4.78 is 16.1. The number of carboxylic acid groups (broad SMARTS) is 1. The van der Waals surface area contributed by atoms with Gasteiger partial charge in [0, 0.05) is 31.2 Å². The van der Waals surface area contributed by atoms with Gasteiger partial charge in [0.2, 0.25) is 0 Å². The second-order valence-corrected chi connectivity index (χ2v) is 13.0. The van der Waals surface area contributed by atoms with Crippen LogP contribution in [0.4, 0.5) is 4.39 Å². The first-order valence-corrected chi connectivity index (χ1v) is 15.9. The largest absolute Gasteiger partial charge is 0.480 e. The maximum Gasteiger partial charge on any atom is 0.325 e. The molecule has 0 spiro atoms. The highest BCUT2D eigenvalue weighted by Gasteiger charge is 2.44. The van der Waals surface area contributed by atoms with Crippen LogP contribution in [0.15, 0.2) is 78.9 Å². The molecule has 2 bridgehead atoms. The summed E-state index contributed by atoms with van der Waals surface area (Å²) in [5.74, 6) is -0.102. The van der Waals surface area contributed by atoms with Crippen molar-refractivity contribution in [1.82, 2.24) is 19.4 Å². The summed E-state index contributed by atoms with van der Waals surface area (Å²) in [6, 6.07) is 26.3. The van der Waals surface area contributed by atoms with Crippen molar-refractivity contribution >= 4 is 17.0 Å². The number of benzene rings is 3. The Morgan fingerprint density at radius 1 is 0.930 bits per heavy atom. The minimum absolute atomic E-state index is 0.0109. The van der Waals surface area contributed by atoms with Crippen LogP contribution in [0.3, 0.4) is 0 Å². The number of fused-ring (bicyclic) bond motifs is 3. The van der Waals surface area contributed by atoms with Crippen molar-refractivity contribution in [2.75, 3.05) is 19.6 Å². The Morgan fingerprint density at radius 3 is 2.26 bits per heavy atom. The van der Waals surface area contributed by atoms with Crippen molar-refractivity contribution in [3.05, 3.63) is 102 Å². The molecule has 1 N–H and O–H groups in total. The molecule has 7 heteroatoms. The van der Waals surface area contributed by atoms with Gasteiger partial charge < -0.3 is 9.67 Å². The molecule has 3 aliphatic rings. The summed E-state index contributed by atoms with van der Waals surface area (Å²) in [5.41, 5.74) is 4.37. The lowest BCUT2D eigenvalue weighted by Gasteiger charge is -2.46. The van der Waals surface area contributed by atoms with Gasteiger partial charge in [0.1, 0.15) is 17.7 Å². The topological polar surface area (TPSA) is 61.6 Å². The zero-order valence-electron chi connectivity index (χ0n) is 24.9. The van der Waals surface area contributed by atoms with Gasteiger partial charge in [0.05, 0.1) is 11.0 Å². The number of halogens is 1. The molecule has 6 nitrogen and oxygen atoms in total.